The molecule has 29 heavy (non-hydrogen) atoms. The normalized spacial score (nSPS) is 29.4. The van der Waals surface area contributed by atoms with Gasteiger partial charge >= 0.3 is 0 Å². The molecule has 1 aromatic rings. The van der Waals surface area contributed by atoms with Crippen molar-refractivity contribution in [3.8, 4) is 0 Å². The molecule has 0 spiro atoms. The van der Waals surface area contributed by atoms with Crippen LogP contribution in [-0.4, -0.2) is 29.3 Å². The van der Waals surface area contributed by atoms with E-state index < -0.39 is 6.04 Å². The number of allylic oxidation sites excluding steroid dienone is 1. The van der Waals surface area contributed by atoms with E-state index in [4.69, 9.17) is 0 Å². The van der Waals surface area contributed by atoms with Gasteiger partial charge in [0, 0.05) is 18.2 Å². The van der Waals surface area contributed by atoms with Gasteiger partial charge in [-0.15, -0.1) is 0 Å². The minimum atomic E-state index is -0.493. The Bertz CT molecular complexity index is 800. The van der Waals surface area contributed by atoms with Crippen LogP contribution in [-0.2, 0) is 4.79 Å². The zero-order valence-corrected chi connectivity index (χ0v) is 17.8. The third-order valence-electron chi connectivity index (χ3n) is 7.40. The molecule has 156 valence electrons. The first kappa shape index (κ1) is 20.2. The van der Waals surface area contributed by atoms with Gasteiger partial charge in [0.2, 0.25) is 5.91 Å². The van der Waals surface area contributed by atoms with E-state index >= 15 is 0 Å². The predicted octanol–water partition coefficient (Wildman–Crippen LogP) is 5.01. The molecule has 0 saturated heterocycles. The highest BCUT2D eigenvalue weighted by molar-refractivity contribution is 6.04. The molecule has 1 aromatic carbocycles. The van der Waals surface area contributed by atoms with Crippen molar-refractivity contribution >= 4 is 11.8 Å². The summed E-state index contributed by atoms with van der Waals surface area (Å²) in [5.74, 6) is 1.09. The maximum absolute atomic E-state index is 13.4. The average Bonchev–Trinajstić information content (AvgIpc) is 3.03. The summed E-state index contributed by atoms with van der Waals surface area (Å²) in [5.41, 5.74) is 2.99. The summed E-state index contributed by atoms with van der Waals surface area (Å²) in [6.07, 6.45) is 11.4. The van der Waals surface area contributed by atoms with E-state index in [2.05, 4.69) is 25.2 Å². The van der Waals surface area contributed by atoms with Crippen LogP contribution in [0.15, 0.2) is 35.9 Å². The molecule has 2 amide bonds. The second kappa shape index (κ2) is 8.73. The lowest BCUT2D eigenvalue weighted by atomic mass is 9.78. The van der Waals surface area contributed by atoms with Crippen molar-refractivity contribution in [3.05, 3.63) is 47.0 Å². The molecule has 0 radical (unpaired) electrons. The Morgan fingerprint density at radius 3 is 2.76 bits per heavy atom. The Kier molecular flexibility index (Phi) is 6.07. The second-order valence-electron chi connectivity index (χ2n) is 9.23. The fourth-order valence-corrected chi connectivity index (χ4v) is 5.33. The van der Waals surface area contributed by atoms with Gasteiger partial charge in [-0.25, -0.2) is 0 Å². The van der Waals surface area contributed by atoms with Crippen molar-refractivity contribution in [2.24, 2.45) is 11.8 Å². The van der Waals surface area contributed by atoms with Gasteiger partial charge in [-0.3, -0.25) is 9.59 Å². The fraction of sp³-hybridized carbons (Fsp3) is 0.600. The van der Waals surface area contributed by atoms with Gasteiger partial charge in [-0.05, 0) is 62.0 Å². The Labute approximate surface area is 174 Å². The number of nitrogens with zero attached hydrogens (tertiary/aromatic N) is 1. The highest BCUT2D eigenvalue weighted by Gasteiger charge is 2.42. The quantitative estimate of drug-likeness (QED) is 0.713. The lowest BCUT2D eigenvalue weighted by Crippen LogP contribution is -2.48. The Hall–Kier alpha value is -2.10. The molecular weight excluding hydrogens is 360 g/mol. The third kappa shape index (κ3) is 4.12. The van der Waals surface area contributed by atoms with Crippen molar-refractivity contribution < 1.29 is 9.59 Å². The number of amides is 2. The molecule has 3 aliphatic rings. The van der Waals surface area contributed by atoms with E-state index in [1.165, 1.54) is 24.8 Å². The molecule has 1 aliphatic heterocycles. The van der Waals surface area contributed by atoms with E-state index in [1.807, 2.05) is 29.2 Å². The molecule has 4 rings (SSSR count). The standard InChI is InChI=1S/C25H34N2O2/c1-17-9-8-14-22(18(17)2)26-24(28)23-20-12-6-7-13-21(20)25(29)27(23)16-15-19-10-4-3-5-11-19/h6-7,10,12-13,17-18,22-23H,3-5,8-9,11,14-16H2,1-2H3,(H,26,28)/t17-,18+,22+,23-/m1/s1. The topological polar surface area (TPSA) is 49.4 Å². The Balaban J connectivity index is 1.53. The molecule has 2 aliphatic carbocycles. The molecule has 1 saturated carbocycles. The van der Waals surface area contributed by atoms with Crippen molar-refractivity contribution in [1.82, 2.24) is 10.2 Å². The van der Waals surface area contributed by atoms with E-state index in [-0.39, 0.29) is 17.9 Å². The van der Waals surface area contributed by atoms with Gasteiger partial charge in [-0.1, -0.05) is 56.5 Å². The van der Waals surface area contributed by atoms with Crippen molar-refractivity contribution in [2.45, 2.75) is 77.3 Å². The summed E-state index contributed by atoms with van der Waals surface area (Å²) >= 11 is 0. The first-order valence-electron chi connectivity index (χ1n) is 11.4. The maximum Gasteiger partial charge on any atom is 0.255 e. The van der Waals surface area contributed by atoms with Crippen LogP contribution in [0.5, 0.6) is 0 Å². The lowest BCUT2D eigenvalue weighted by molar-refractivity contribution is -0.127. The number of rotatable bonds is 5. The smallest absolute Gasteiger partial charge is 0.255 e. The summed E-state index contributed by atoms with van der Waals surface area (Å²) in [6.45, 7) is 5.14. The van der Waals surface area contributed by atoms with Crippen molar-refractivity contribution in [3.63, 3.8) is 0 Å². The van der Waals surface area contributed by atoms with Crippen LogP contribution in [0, 0.1) is 11.8 Å². The van der Waals surface area contributed by atoms with Crippen molar-refractivity contribution in [2.75, 3.05) is 6.54 Å². The SMILES string of the molecule is C[C@H]1[C@H](C)CCC[C@@H]1NC(=O)[C@H]1c2ccccc2C(=O)N1CCC1=CCCCC1. The largest absolute Gasteiger partial charge is 0.351 e. The average molecular weight is 395 g/mol. The molecular formula is C25H34N2O2. The molecule has 4 nitrogen and oxygen atoms in total. The van der Waals surface area contributed by atoms with Crippen LogP contribution < -0.4 is 5.32 Å². The molecule has 1 heterocycles. The van der Waals surface area contributed by atoms with Crippen LogP contribution in [0.25, 0.3) is 0 Å². The predicted molar refractivity (Wildman–Crippen MR) is 115 cm³/mol. The zero-order chi connectivity index (χ0) is 20.4. The molecule has 4 atom stereocenters. The molecule has 0 aromatic heterocycles. The summed E-state index contributed by atoms with van der Waals surface area (Å²) in [5, 5.41) is 3.32. The zero-order valence-electron chi connectivity index (χ0n) is 17.8. The number of hydrogen-bond acceptors (Lipinski definition) is 2. The molecule has 1 N–H and O–H groups in total. The van der Waals surface area contributed by atoms with Gasteiger partial charge in [0.25, 0.3) is 5.91 Å². The van der Waals surface area contributed by atoms with Crippen LogP contribution in [0.1, 0.15) is 87.2 Å². The monoisotopic (exact) mass is 394 g/mol. The summed E-state index contributed by atoms with van der Waals surface area (Å²) in [4.78, 5) is 28.3. The minimum Gasteiger partial charge on any atom is -0.351 e. The molecule has 4 heteroatoms. The van der Waals surface area contributed by atoms with E-state index in [1.54, 1.807) is 0 Å². The van der Waals surface area contributed by atoms with Gasteiger partial charge in [0.15, 0.2) is 0 Å². The first-order valence-corrected chi connectivity index (χ1v) is 11.4. The van der Waals surface area contributed by atoms with Gasteiger partial charge < -0.3 is 10.2 Å². The van der Waals surface area contributed by atoms with Crippen LogP contribution in [0.4, 0.5) is 0 Å². The lowest BCUT2D eigenvalue weighted by Gasteiger charge is -2.36. The summed E-state index contributed by atoms with van der Waals surface area (Å²) in [7, 11) is 0. The molecule has 0 bridgehead atoms. The van der Waals surface area contributed by atoms with E-state index in [9.17, 15) is 9.59 Å². The van der Waals surface area contributed by atoms with Gasteiger partial charge in [-0.2, -0.15) is 0 Å². The summed E-state index contributed by atoms with van der Waals surface area (Å²) in [6, 6.07) is 7.35. The number of carbonyl (C=O) groups excluding carboxylic acids is 2. The highest BCUT2D eigenvalue weighted by Crippen LogP contribution is 2.36. The minimum absolute atomic E-state index is 0.00206. The van der Waals surface area contributed by atoms with Gasteiger partial charge in [0.1, 0.15) is 6.04 Å². The van der Waals surface area contributed by atoms with Crippen molar-refractivity contribution in [1.29, 1.82) is 0 Å². The maximum atomic E-state index is 13.4. The number of hydrogen-bond donors (Lipinski definition) is 1. The Morgan fingerprint density at radius 1 is 1.14 bits per heavy atom. The van der Waals surface area contributed by atoms with E-state index in [0.717, 1.165) is 37.7 Å². The number of carbonyl (C=O) groups is 2. The summed E-state index contributed by atoms with van der Waals surface area (Å²) < 4.78 is 0. The van der Waals surface area contributed by atoms with Crippen LogP contribution >= 0.6 is 0 Å². The highest BCUT2D eigenvalue weighted by atomic mass is 16.2. The van der Waals surface area contributed by atoms with Gasteiger partial charge in [0.05, 0.1) is 0 Å². The molecule has 1 fully saturated rings. The Morgan fingerprint density at radius 2 is 1.97 bits per heavy atom. The fourth-order valence-electron chi connectivity index (χ4n) is 5.33. The number of benzene rings is 1. The number of fused-ring (bicyclic) bond motifs is 1. The number of nitrogens with one attached hydrogen (secondary N) is 1. The van der Waals surface area contributed by atoms with Crippen LogP contribution in [0.2, 0.25) is 0 Å². The third-order valence-corrected chi connectivity index (χ3v) is 7.40. The first-order chi connectivity index (χ1) is 14.1. The molecule has 0 unspecified atom stereocenters. The second-order valence-corrected chi connectivity index (χ2v) is 9.23. The van der Waals surface area contributed by atoms with Crippen LogP contribution in [0.3, 0.4) is 0 Å². The van der Waals surface area contributed by atoms with E-state index in [0.29, 0.717) is 23.9 Å².